The van der Waals surface area contributed by atoms with Crippen LogP contribution >= 0.6 is 11.8 Å². The van der Waals surface area contributed by atoms with Gasteiger partial charge in [-0.1, -0.05) is 26.7 Å². The highest BCUT2D eigenvalue weighted by Crippen LogP contribution is 2.35. The second-order valence-corrected chi connectivity index (χ2v) is 6.39. The second kappa shape index (κ2) is 6.41. The van der Waals surface area contributed by atoms with Crippen molar-refractivity contribution in [2.24, 2.45) is 11.7 Å². The summed E-state index contributed by atoms with van der Waals surface area (Å²) in [5.74, 6) is 1.24. The van der Waals surface area contributed by atoms with Crippen molar-refractivity contribution in [3.8, 4) is 0 Å². The summed E-state index contributed by atoms with van der Waals surface area (Å²) in [7, 11) is 0. The van der Waals surface area contributed by atoms with E-state index in [2.05, 4.69) is 25.6 Å². The van der Waals surface area contributed by atoms with Crippen LogP contribution in [0, 0.1) is 11.3 Å². The Labute approximate surface area is 97.9 Å². The molecular formula is C12H24N2S. The van der Waals surface area contributed by atoms with E-state index >= 15 is 0 Å². The molecule has 1 rings (SSSR count). The van der Waals surface area contributed by atoms with Gasteiger partial charge in [-0.3, -0.25) is 5.41 Å². The molecule has 15 heavy (non-hydrogen) atoms. The Morgan fingerprint density at radius 2 is 2.27 bits per heavy atom. The van der Waals surface area contributed by atoms with Gasteiger partial charge in [0.25, 0.3) is 0 Å². The molecule has 0 bridgehead atoms. The first-order valence-corrected chi connectivity index (χ1v) is 7.04. The van der Waals surface area contributed by atoms with E-state index in [9.17, 15) is 0 Å². The third kappa shape index (κ3) is 4.92. The van der Waals surface area contributed by atoms with Crippen LogP contribution in [0.25, 0.3) is 0 Å². The van der Waals surface area contributed by atoms with Crippen LogP contribution in [0.3, 0.4) is 0 Å². The molecule has 3 N–H and O–H groups in total. The quantitative estimate of drug-likeness (QED) is 0.559. The minimum atomic E-state index is 0.346. The third-order valence-electron chi connectivity index (χ3n) is 3.18. The molecule has 2 nitrogen and oxygen atoms in total. The average Bonchev–Trinajstić information content (AvgIpc) is 2.16. The standard InChI is InChI=1S/C12H24N2S/c1-3-10(8-12(13)14)15-11-6-4-5-9(2)7-11/h9-11H,3-8H2,1-2H3,(H3,13,14). The lowest BCUT2D eigenvalue weighted by Gasteiger charge is -2.29. The van der Waals surface area contributed by atoms with Crippen LogP contribution in [0.15, 0.2) is 0 Å². The molecule has 0 aromatic carbocycles. The Bertz CT molecular complexity index is 206. The molecule has 0 spiro atoms. The first kappa shape index (κ1) is 12.9. The summed E-state index contributed by atoms with van der Waals surface area (Å²) in [6.45, 7) is 4.56. The summed E-state index contributed by atoms with van der Waals surface area (Å²) in [6.07, 6.45) is 7.42. The Kier molecular flexibility index (Phi) is 5.51. The van der Waals surface area contributed by atoms with E-state index in [1.54, 1.807) is 0 Å². The molecule has 3 atom stereocenters. The van der Waals surface area contributed by atoms with Crippen LogP contribution in [0.4, 0.5) is 0 Å². The molecule has 0 heterocycles. The fourth-order valence-electron chi connectivity index (χ4n) is 2.31. The molecule has 1 aliphatic rings. The van der Waals surface area contributed by atoms with E-state index in [4.69, 9.17) is 11.1 Å². The van der Waals surface area contributed by atoms with Gasteiger partial charge in [0.05, 0.1) is 5.84 Å². The maximum Gasteiger partial charge on any atom is 0.0916 e. The number of nitrogens with one attached hydrogen (secondary N) is 1. The van der Waals surface area contributed by atoms with Gasteiger partial charge < -0.3 is 5.73 Å². The number of rotatable bonds is 5. The van der Waals surface area contributed by atoms with Crippen molar-refractivity contribution in [2.45, 2.75) is 62.9 Å². The third-order valence-corrected chi connectivity index (χ3v) is 4.87. The fourth-order valence-corrected chi connectivity index (χ4v) is 4.06. The lowest BCUT2D eigenvalue weighted by atomic mass is 9.91. The van der Waals surface area contributed by atoms with Crippen molar-refractivity contribution in [2.75, 3.05) is 0 Å². The minimum absolute atomic E-state index is 0.346. The van der Waals surface area contributed by atoms with Gasteiger partial charge in [0.2, 0.25) is 0 Å². The minimum Gasteiger partial charge on any atom is -0.388 e. The Hall–Kier alpha value is -0.180. The monoisotopic (exact) mass is 228 g/mol. The van der Waals surface area contributed by atoms with Gasteiger partial charge in [-0.05, 0) is 25.2 Å². The molecule has 3 heteroatoms. The molecule has 3 unspecified atom stereocenters. The smallest absolute Gasteiger partial charge is 0.0916 e. The molecule has 88 valence electrons. The summed E-state index contributed by atoms with van der Waals surface area (Å²) in [5.41, 5.74) is 5.47. The fraction of sp³-hybridized carbons (Fsp3) is 0.917. The maximum absolute atomic E-state index is 7.35. The van der Waals surface area contributed by atoms with Crippen molar-refractivity contribution in [1.29, 1.82) is 5.41 Å². The van der Waals surface area contributed by atoms with E-state index in [1.165, 1.54) is 25.7 Å². The molecule has 0 amide bonds. The van der Waals surface area contributed by atoms with E-state index in [1.807, 2.05) is 0 Å². The van der Waals surface area contributed by atoms with Crippen LogP contribution < -0.4 is 5.73 Å². The van der Waals surface area contributed by atoms with Crippen LogP contribution in [0.1, 0.15) is 52.4 Å². The molecule has 1 aliphatic carbocycles. The largest absolute Gasteiger partial charge is 0.388 e. The van der Waals surface area contributed by atoms with E-state index < -0.39 is 0 Å². The van der Waals surface area contributed by atoms with Gasteiger partial charge in [-0.25, -0.2) is 0 Å². The van der Waals surface area contributed by atoms with Crippen LogP contribution in [0.5, 0.6) is 0 Å². The number of hydrogen-bond donors (Lipinski definition) is 2. The Balaban J connectivity index is 2.33. The maximum atomic E-state index is 7.35. The molecule has 1 saturated carbocycles. The van der Waals surface area contributed by atoms with E-state index in [0.29, 0.717) is 11.1 Å². The molecular weight excluding hydrogens is 204 g/mol. The highest BCUT2D eigenvalue weighted by Gasteiger charge is 2.22. The Morgan fingerprint density at radius 1 is 1.53 bits per heavy atom. The first-order valence-electron chi connectivity index (χ1n) is 6.10. The zero-order valence-corrected chi connectivity index (χ0v) is 10.8. The van der Waals surface area contributed by atoms with Gasteiger partial charge in [-0.2, -0.15) is 11.8 Å². The van der Waals surface area contributed by atoms with Crippen LogP contribution in [-0.2, 0) is 0 Å². The molecule has 0 saturated heterocycles. The van der Waals surface area contributed by atoms with E-state index in [-0.39, 0.29) is 0 Å². The van der Waals surface area contributed by atoms with E-state index in [0.717, 1.165) is 24.0 Å². The summed E-state index contributed by atoms with van der Waals surface area (Å²) >= 11 is 2.08. The average molecular weight is 228 g/mol. The van der Waals surface area contributed by atoms with Gasteiger partial charge in [0.15, 0.2) is 0 Å². The van der Waals surface area contributed by atoms with Crippen molar-refractivity contribution < 1.29 is 0 Å². The van der Waals surface area contributed by atoms with Gasteiger partial charge in [0.1, 0.15) is 0 Å². The molecule has 0 radical (unpaired) electrons. The summed E-state index contributed by atoms with van der Waals surface area (Å²) in [4.78, 5) is 0. The zero-order chi connectivity index (χ0) is 11.3. The van der Waals surface area contributed by atoms with Gasteiger partial charge in [0, 0.05) is 16.9 Å². The summed E-state index contributed by atoms with van der Waals surface area (Å²) in [6, 6.07) is 0. The highest BCUT2D eigenvalue weighted by atomic mass is 32.2. The lowest BCUT2D eigenvalue weighted by molar-refractivity contribution is 0.393. The summed E-state index contributed by atoms with van der Waals surface area (Å²) < 4.78 is 0. The van der Waals surface area contributed by atoms with Crippen LogP contribution in [0.2, 0.25) is 0 Å². The lowest BCUT2D eigenvalue weighted by Crippen LogP contribution is -2.22. The number of thioether (sulfide) groups is 1. The molecule has 0 aliphatic heterocycles. The highest BCUT2D eigenvalue weighted by molar-refractivity contribution is 8.00. The SMILES string of the molecule is CCC(CC(=N)N)SC1CCCC(C)C1. The van der Waals surface area contributed by atoms with Crippen molar-refractivity contribution in [1.82, 2.24) is 0 Å². The van der Waals surface area contributed by atoms with Crippen LogP contribution in [-0.4, -0.2) is 16.3 Å². The Morgan fingerprint density at radius 3 is 2.80 bits per heavy atom. The summed E-state index contributed by atoms with van der Waals surface area (Å²) in [5, 5.41) is 8.73. The number of nitrogens with two attached hydrogens (primary N) is 1. The topological polar surface area (TPSA) is 49.9 Å². The number of hydrogen-bond acceptors (Lipinski definition) is 2. The predicted octanol–water partition coefficient (Wildman–Crippen LogP) is 3.40. The number of amidine groups is 1. The van der Waals surface area contributed by atoms with Crippen molar-refractivity contribution in [3.63, 3.8) is 0 Å². The zero-order valence-electron chi connectivity index (χ0n) is 9.96. The van der Waals surface area contributed by atoms with Crippen molar-refractivity contribution >= 4 is 17.6 Å². The second-order valence-electron chi connectivity index (χ2n) is 4.79. The normalized spacial score (nSPS) is 28.7. The van der Waals surface area contributed by atoms with Crippen molar-refractivity contribution in [3.05, 3.63) is 0 Å². The molecule has 1 fully saturated rings. The molecule has 0 aromatic rings. The van der Waals surface area contributed by atoms with Gasteiger partial charge in [-0.15, -0.1) is 0 Å². The predicted molar refractivity (Wildman–Crippen MR) is 69.6 cm³/mol. The first-order chi connectivity index (χ1) is 7.11. The van der Waals surface area contributed by atoms with Gasteiger partial charge >= 0.3 is 0 Å². The molecule has 0 aromatic heterocycles.